The van der Waals surface area contributed by atoms with Crippen molar-refractivity contribution in [2.45, 2.75) is 208 Å². The number of aliphatic hydroxyl groups is 1. The van der Waals surface area contributed by atoms with Crippen LogP contribution in [-0.4, -0.2) is 34.6 Å². The van der Waals surface area contributed by atoms with Crippen LogP contribution < -0.4 is 9.47 Å². The highest BCUT2D eigenvalue weighted by Gasteiger charge is 2.34. The molecule has 0 aliphatic heterocycles. The summed E-state index contributed by atoms with van der Waals surface area (Å²) in [6.45, 7) is 49.9. The first kappa shape index (κ1) is 82.2. The lowest BCUT2D eigenvalue weighted by atomic mass is 9.71. The highest BCUT2D eigenvalue weighted by molar-refractivity contribution is 6.13. The Morgan fingerprint density at radius 3 is 0.905 bits per heavy atom. The molecule has 0 radical (unpaired) electrons. The molecule has 12 aromatic carbocycles. The van der Waals surface area contributed by atoms with Gasteiger partial charge in [-0.3, -0.25) is 0 Å². The molecule has 0 bridgehead atoms. The molecule has 14 aromatic rings. The first-order valence-electron chi connectivity index (χ1n) is 41.7. The van der Waals surface area contributed by atoms with Gasteiger partial charge < -0.3 is 28.5 Å². The van der Waals surface area contributed by atoms with E-state index < -0.39 is 5.82 Å². The summed E-state index contributed by atoms with van der Waals surface area (Å²) in [5.74, 6) is 0.344. The molecule has 0 unspecified atom stereocenters. The minimum atomic E-state index is -0.402. The minimum Gasteiger partial charge on any atom is -0.493 e. The number of aliphatic hydroxyl groups excluding tert-OH is 1. The molecule has 14 rings (SSSR count). The van der Waals surface area contributed by atoms with Gasteiger partial charge in [-0.15, -0.1) is 0 Å². The number of ether oxygens (including phenoxy) is 3. The van der Waals surface area contributed by atoms with Gasteiger partial charge in [-0.05, 0) is 333 Å². The molecular weight excluding hydrogens is 1430 g/mol. The van der Waals surface area contributed by atoms with Crippen LogP contribution >= 0.6 is 0 Å². The van der Waals surface area contributed by atoms with E-state index in [1.54, 1.807) is 31.4 Å². The minimum absolute atomic E-state index is 0.0310. The number of methoxy groups -OCH3 is 1. The molecule has 0 aliphatic rings. The predicted octanol–water partition coefficient (Wildman–Crippen LogP) is 29.6. The second kappa shape index (κ2) is 31.9. The monoisotopic (exact) mass is 1540 g/mol. The lowest BCUT2D eigenvalue weighted by Crippen LogP contribution is -2.25. The molecule has 1 N–H and O–H groups in total. The quantitative estimate of drug-likeness (QED) is 0.0649. The average Bonchev–Trinajstić information content (AvgIpc) is 1.55. The fourth-order valence-corrected chi connectivity index (χ4v) is 20.4. The Morgan fingerprint density at radius 1 is 0.328 bits per heavy atom. The van der Waals surface area contributed by atoms with Crippen LogP contribution in [0.4, 0.5) is 8.78 Å². The van der Waals surface area contributed by atoms with Crippen molar-refractivity contribution >= 4 is 43.6 Å². The van der Waals surface area contributed by atoms with Gasteiger partial charge in [0.25, 0.3) is 0 Å². The van der Waals surface area contributed by atoms with E-state index in [1.807, 2.05) is 0 Å². The Labute approximate surface area is 688 Å². The summed E-state index contributed by atoms with van der Waals surface area (Å²) in [5.41, 5.74) is 35.7. The molecule has 6 nitrogen and oxygen atoms in total. The van der Waals surface area contributed by atoms with Crippen molar-refractivity contribution in [2.24, 2.45) is 10.8 Å². The maximum Gasteiger partial charge on any atom is 0.127 e. The average molecular weight is 1550 g/mol. The van der Waals surface area contributed by atoms with E-state index in [2.05, 4.69) is 307 Å². The second-order valence-corrected chi connectivity index (χ2v) is 37.6. The molecule has 0 saturated carbocycles. The fourth-order valence-electron chi connectivity index (χ4n) is 20.4. The summed E-state index contributed by atoms with van der Waals surface area (Å²) in [5, 5.41) is 16.7. The smallest absolute Gasteiger partial charge is 0.127 e. The van der Waals surface area contributed by atoms with E-state index in [1.165, 1.54) is 101 Å². The van der Waals surface area contributed by atoms with Crippen molar-refractivity contribution in [3.63, 3.8) is 0 Å². The first-order valence-corrected chi connectivity index (χ1v) is 41.7. The summed E-state index contributed by atoms with van der Waals surface area (Å²) in [6, 6.07) is 64.7. The zero-order chi connectivity index (χ0) is 83.1. The summed E-state index contributed by atoms with van der Waals surface area (Å²) in [7, 11) is 1.75. The molecule has 0 fully saturated rings. The topological polar surface area (TPSA) is 57.8 Å². The molecule has 2 heterocycles. The van der Waals surface area contributed by atoms with Gasteiger partial charge in [-0.1, -0.05) is 189 Å². The molecule has 0 atom stereocenters. The van der Waals surface area contributed by atoms with Gasteiger partial charge in [0, 0.05) is 50.9 Å². The van der Waals surface area contributed by atoms with Gasteiger partial charge in [0.05, 0.1) is 59.9 Å². The van der Waals surface area contributed by atoms with Crippen molar-refractivity contribution in [1.29, 1.82) is 0 Å². The van der Waals surface area contributed by atoms with Crippen LogP contribution in [0, 0.1) is 106 Å². The van der Waals surface area contributed by atoms with Crippen LogP contribution in [-0.2, 0) is 28.8 Å². The third kappa shape index (κ3) is 16.3. The molecule has 116 heavy (non-hydrogen) atoms. The van der Waals surface area contributed by atoms with Crippen molar-refractivity contribution in [3.05, 3.63) is 283 Å². The van der Waals surface area contributed by atoms with Gasteiger partial charge >= 0.3 is 0 Å². The number of fused-ring (bicyclic) bond motifs is 6. The lowest BCUT2D eigenvalue weighted by Gasteiger charge is -2.34. The Bertz CT molecular complexity index is 5870. The number of hydrogen-bond donors (Lipinski definition) is 1. The summed E-state index contributed by atoms with van der Waals surface area (Å²) < 4.78 is 58.1. The normalized spacial score (nSPS) is 12.4. The van der Waals surface area contributed by atoms with Crippen molar-refractivity contribution in [3.8, 4) is 89.6 Å². The largest absolute Gasteiger partial charge is 0.493 e. The number of aryl methyl sites for hydroxylation is 12. The van der Waals surface area contributed by atoms with Gasteiger partial charge in [0.2, 0.25) is 0 Å². The Balaban J connectivity index is 0.830. The van der Waals surface area contributed by atoms with E-state index in [9.17, 15) is 5.11 Å². The van der Waals surface area contributed by atoms with E-state index in [4.69, 9.17) is 14.2 Å². The molecule has 0 spiro atoms. The highest BCUT2D eigenvalue weighted by Crippen LogP contribution is 2.50. The predicted molar refractivity (Wildman–Crippen MR) is 487 cm³/mol. The molecule has 0 saturated heterocycles. The van der Waals surface area contributed by atoms with Crippen LogP contribution in [0.5, 0.6) is 11.5 Å². The number of hydrogen-bond acceptors (Lipinski definition) is 4. The van der Waals surface area contributed by atoms with Gasteiger partial charge in [-0.25, -0.2) is 8.78 Å². The van der Waals surface area contributed by atoms with Crippen LogP contribution in [0.25, 0.3) is 122 Å². The van der Waals surface area contributed by atoms with Gasteiger partial charge in [0.15, 0.2) is 0 Å². The maximum absolute atomic E-state index is 16.5. The van der Waals surface area contributed by atoms with Crippen LogP contribution in [0.15, 0.2) is 182 Å². The van der Waals surface area contributed by atoms with E-state index in [0.717, 1.165) is 119 Å². The first-order chi connectivity index (χ1) is 54.9. The Morgan fingerprint density at radius 2 is 0.621 bits per heavy atom. The molecular formula is C108H118F2N2O4. The van der Waals surface area contributed by atoms with Gasteiger partial charge in [0.1, 0.15) is 23.1 Å². The van der Waals surface area contributed by atoms with E-state index >= 15 is 8.78 Å². The van der Waals surface area contributed by atoms with Crippen molar-refractivity contribution in [1.82, 2.24) is 9.13 Å². The standard InChI is InChI=1S/C108H118F2N2O4/c1-63-41-67(5)101(68(6)42-63)75-27-33-83-84-34-28-76(102-69(7)43-64(2)44-70(102)8)50-94(84)111(93(83)49-75)97-55-79(107(19,20)61-105(13,14)15)53-87(91(97)59-113)89-57-81(109)31-37-99(89)115-39-25-24-26-40-116-100-38-32-82(110)58-90(100)88-54-80(108(21,22)62-106(16,17)18)56-98(92(88)60-114-23)112-95-51-77(103-71(9)45-65(3)46-72(103)10)29-35-85(95)86-36-30-78(52-96(86)112)104-73(11)47-66(4)48-74(104)12/h27-38,41-58,113H,24-26,39-40,59-62H2,1-23H3. The Hall–Kier alpha value is -10.4. The van der Waals surface area contributed by atoms with E-state index in [0.29, 0.717) is 59.8 Å². The van der Waals surface area contributed by atoms with Gasteiger partial charge in [-0.2, -0.15) is 0 Å². The molecule has 0 amide bonds. The summed E-state index contributed by atoms with van der Waals surface area (Å²) in [6.07, 6.45) is 3.81. The lowest BCUT2D eigenvalue weighted by molar-refractivity contribution is 0.185. The number of aromatic nitrogens is 2. The number of nitrogens with zero attached hydrogens (tertiary/aromatic N) is 2. The number of benzene rings is 12. The molecule has 8 heteroatoms. The van der Waals surface area contributed by atoms with E-state index in [-0.39, 0.29) is 40.7 Å². The molecule has 0 aliphatic carbocycles. The SMILES string of the molecule is COCc1c(-c2cc(F)ccc2OCCCCCOc2ccc(F)cc2-c2cc(C(C)(C)CC(C)(C)C)cc(-n3c4cc(-c5c(C)cc(C)cc5C)ccc4c4ccc(-c5c(C)cc(C)cc5C)cc43)c2CO)cc(C(C)(C)CC(C)(C)C)cc1-n1c2cc(-c3c(C)cc(C)cc3C)ccc2c2ccc(-c3c(C)cc(C)cc3C)cc21. The zero-order valence-electron chi connectivity index (χ0n) is 73.0. The number of unbranched alkanes of at least 4 members (excludes halogenated alkanes) is 2. The Kier molecular flexibility index (Phi) is 22.6. The molecule has 598 valence electrons. The maximum atomic E-state index is 16.5. The molecule has 2 aromatic heterocycles. The summed E-state index contributed by atoms with van der Waals surface area (Å²) in [4.78, 5) is 0. The third-order valence-electron chi connectivity index (χ3n) is 24.1. The zero-order valence-corrected chi connectivity index (χ0v) is 73.0. The van der Waals surface area contributed by atoms with Crippen LogP contribution in [0.3, 0.4) is 0 Å². The summed E-state index contributed by atoms with van der Waals surface area (Å²) >= 11 is 0. The third-order valence-corrected chi connectivity index (χ3v) is 24.1. The second-order valence-electron chi connectivity index (χ2n) is 37.6. The number of rotatable bonds is 23. The van der Waals surface area contributed by atoms with Crippen molar-refractivity contribution in [2.75, 3.05) is 20.3 Å². The van der Waals surface area contributed by atoms with Crippen molar-refractivity contribution < 1.29 is 28.1 Å². The van der Waals surface area contributed by atoms with Crippen LogP contribution in [0.1, 0.15) is 190 Å². The van der Waals surface area contributed by atoms with Crippen LogP contribution in [0.2, 0.25) is 0 Å². The number of halogens is 2. The highest BCUT2D eigenvalue weighted by atomic mass is 19.1. The fraction of sp³-hybridized carbons (Fsp3) is 0.333.